The molecular formula is C11H16N2. The van der Waals surface area contributed by atoms with Crippen molar-refractivity contribution in [2.75, 3.05) is 0 Å². The molecule has 0 aromatic heterocycles. The van der Waals surface area contributed by atoms with Crippen LogP contribution in [0.15, 0.2) is 47.9 Å². The van der Waals surface area contributed by atoms with Crippen LogP contribution in [0.25, 0.3) is 0 Å². The Labute approximate surface area is 79.3 Å². The molecule has 0 radical (unpaired) electrons. The van der Waals surface area contributed by atoms with E-state index < -0.39 is 0 Å². The molecule has 0 heterocycles. The van der Waals surface area contributed by atoms with Crippen LogP contribution < -0.4 is 11.5 Å². The van der Waals surface area contributed by atoms with Crippen molar-refractivity contribution in [3.8, 4) is 0 Å². The van der Waals surface area contributed by atoms with Gasteiger partial charge in [0.15, 0.2) is 0 Å². The maximum absolute atomic E-state index is 5.87. The van der Waals surface area contributed by atoms with Crippen molar-refractivity contribution in [2.45, 2.75) is 13.3 Å². The van der Waals surface area contributed by atoms with Crippen molar-refractivity contribution in [1.29, 1.82) is 0 Å². The Morgan fingerprint density at radius 2 is 2.08 bits per heavy atom. The average molecular weight is 176 g/mol. The van der Waals surface area contributed by atoms with Crippen molar-refractivity contribution in [2.24, 2.45) is 17.4 Å². The van der Waals surface area contributed by atoms with Gasteiger partial charge in [0.2, 0.25) is 0 Å². The quantitative estimate of drug-likeness (QED) is 0.630. The summed E-state index contributed by atoms with van der Waals surface area (Å²) in [5.41, 5.74) is 13.0. The van der Waals surface area contributed by atoms with Gasteiger partial charge in [0, 0.05) is 17.3 Å². The Bertz CT molecular complexity index is 278. The van der Waals surface area contributed by atoms with Crippen molar-refractivity contribution in [3.05, 3.63) is 47.9 Å². The average Bonchev–Trinajstić information content (AvgIpc) is 2.15. The Kier molecular flexibility index (Phi) is 3.38. The van der Waals surface area contributed by atoms with Crippen LogP contribution in [0.2, 0.25) is 0 Å². The molecule has 0 aromatic rings. The third kappa shape index (κ3) is 3.20. The summed E-state index contributed by atoms with van der Waals surface area (Å²) in [5, 5.41) is 0. The molecule has 2 nitrogen and oxygen atoms in total. The number of nitrogens with two attached hydrogens (primary N) is 2. The van der Waals surface area contributed by atoms with Gasteiger partial charge >= 0.3 is 0 Å². The molecule has 0 aromatic carbocycles. The predicted molar refractivity (Wildman–Crippen MR) is 56.6 cm³/mol. The molecule has 0 bridgehead atoms. The Morgan fingerprint density at radius 3 is 2.62 bits per heavy atom. The van der Waals surface area contributed by atoms with Crippen LogP contribution in [0.3, 0.4) is 0 Å². The SMILES string of the molecule is C/C(N)=C/C=C(\N)C1C=CC=CC1. The molecule has 0 saturated carbocycles. The summed E-state index contributed by atoms with van der Waals surface area (Å²) in [5.74, 6) is 0.334. The van der Waals surface area contributed by atoms with E-state index >= 15 is 0 Å². The molecule has 0 spiro atoms. The van der Waals surface area contributed by atoms with Crippen LogP contribution in [0.5, 0.6) is 0 Å². The van der Waals surface area contributed by atoms with E-state index in [1.165, 1.54) is 0 Å². The summed E-state index contributed by atoms with van der Waals surface area (Å²) in [6.07, 6.45) is 13.0. The summed E-state index contributed by atoms with van der Waals surface area (Å²) in [6, 6.07) is 0. The van der Waals surface area contributed by atoms with Crippen molar-refractivity contribution in [1.82, 2.24) is 0 Å². The topological polar surface area (TPSA) is 52.0 Å². The fourth-order valence-corrected chi connectivity index (χ4v) is 1.18. The first-order chi connectivity index (χ1) is 6.20. The van der Waals surface area contributed by atoms with Crippen LogP contribution in [0.1, 0.15) is 13.3 Å². The standard InChI is InChI=1S/C11H16N2/c1-9(12)7-8-11(13)10-5-3-2-4-6-10/h2-5,7-8,10H,6,12-13H2,1H3/b9-7-,11-8-. The Balaban J connectivity index is 2.62. The third-order valence-corrected chi connectivity index (χ3v) is 1.95. The highest BCUT2D eigenvalue weighted by atomic mass is 14.6. The fourth-order valence-electron chi connectivity index (χ4n) is 1.18. The Morgan fingerprint density at radius 1 is 1.31 bits per heavy atom. The normalized spacial score (nSPS) is 23.6. The second-order valence-corrected chi connectivity index (χ2v) is 3.23. The maximum Gasteiger partial charge on any atom is 0.0202 e. The zero-order chi connectivity index (χ0) is 9.68. The lowest BCUT2D eigenvalue weighted by Gasteiger charge is -2.12. The van der Waals surface area contributed by atoms with E-state index in [2.05, 4.69) is 12.2 Å². The molecule has 1 aliphatic carbocycles. The van der Waals surface area contributed by atoms with Gasteiger partial charge in [0.05, 0.1) is 0 Å². The summed E-state index contributed by atoms with van der Waals surface area (Å²) in [4.78, 5) is 0. The van der Waals surface area contributed by atoms with Gasteiger partial charge in [-0.2, -0.15) is 0 Å². The first kappa shape index (κ1) is 9.65. The number of rotatable bonds is 2. The second-order valence-electron chi connectivity index (χ2n) is 3.23. The first-order valence-corrected chi connectivity index (χ1v) is 4.43. The lowest BCUT2D eigenvalue weighted by Crippen LogP contribution is -2.10. The van der Waals surface area contributed by atoms with E-state index in [4.69, 9.17) is 11.5 Å². The van der Waals surface area contributed by atoms with E-state index in [0.29, 0.717) is 5.92 Å². The summed E-state index contributed by atoms with van der Waals surface area (Å²) in [7, 11) is 0. The number of hydrogen-bond donors (Lipinski definition) is 2. The molecule has 1 atom stereocenters. The summed E-state index contributed by atoms with van der Waals surface area (Å²) in [6.45, 7) is 1.85. The second kappa shape index (κ2) is 4.55. The smallest absolute Gasteiger partial charge is 0.0202 e. The first-order valence-electron chi connectivity index (χ1n) is 4.43. The van der Waals surface area contributed by atoms with E-state index in [9.17, 15) is 0 Å². The van der Waals surface area contributed by atoms with Gasteiger partial charge in [0.25, 0.3) is 0 Å². The van der Waals surface area contributed by atoms with E-state index in [0.717, 1.165) is 17.8 Å². The minimum absolute atomic E-state index is 0.334. The zero-order valence-corrected chi connectivity index (χ0v) is 7.90. The zero-order valence-electron chi connectivity index (χ0n) is 7.90. The molecule has 0 saturated heterocycles. The Hall–Kier alpha value is -1.44. The van der Waals surface area contributed by atoms with Gasteiger partial charge in [-0.05, 0) is 25.5 Å². The van der Waals surface area contributed by atoms with Gasteiger partial charge in [-0.1, -0.05) is 24.3 Å². The van der Waals surface area contributed by atoms with Gasteiger partial charge < -0.3 is 11.5 Å². The predicted octanol–water partition coefficient (Wildman–Crippen LogP) is 1.82. The highest BCUT2D eigenvalue weighted by Gasteiger charge is 2.06. The maximum atomic E-state index is 5.87. The fraction of sp³-hybridized carbons (Fsp3) is 0.273. The monoisotopic (exact) mass is 176 g/mol. The van der Waals surface area contributed by atoms with Crippen LogP contribution in [-0.4, -0.2) is 0 Å². The van der Waals surface area contributed by atoms with Gasteiger partial charge in [-0.15, -0.1) is 0 Å². The van der Waals surface area contributed by atoms with Crippen molar-refractivity contribution in [3.63, 3.8) is 0 Å². The van der Waals surface area contributed by atoms with E-state index in [1.54, 1.807) is 0 Å². The molecule has 13 heavy (non-hydrogen) atoms. The van der Waals surface area contributed by atoms with Gasteiger partial charge in [-0.25, -0.2) is 0 Å². The molecule has 4 N–H and O–H groups in total. The van der Waals surface area contributed by atoms with Crippen LogP contribution in [0.4, 0.5) is 0 Å². The molecule has 70 valence electrons. The largest absolute Gasteiger partial charge is 0.402 e. The van der Waals surface area contributed by atoms with Crippen molar-refractivity contribution < 1.29 is 0 Å². The van der Waals surface area contributed by atoms with Crippen molar-refractivity contribution >= 4 is 0 Å². The molecule has 1 unspecified atom stereocenters. The van der Waals surface area contributed by atoms with E-state index in [-0.39, 0.29) is 0 Å². The van der Waals surface area contributed by atoms with Gasteiger partial charge in [-0.3, -0.25) is 0 Å². The molecule has 1 aliphatic rings. The third-order valence-electron chi connectivity index (χ3n) is 1.95. The highest BCUT2D eigenvalue weighted by molar-refractivity contribution is 5.23. The minimum Gasteiger partial charge on any atom is -0.402 e. The van der Waals surface area contributed by atoms with Crippen LogP contribution in [0, 0.1) is 5.92 Å². The summed E-state index contributed by atoms with van der Waals surface area (Å²) >= 11 is 0. The number of hydrogen-bond acceptors (Lipinski definition) is 2. The summed E-state index contributed by atoms with van der Waals surface area (Å²) < 4.78 is 0. The van der Waals surface area contributed by atoms with Crippen LogP contribution >= 0.6 is 0 Å². The lowest BCUT2D eigenvalue weighted by molar-refractivity contribution is 0.755. The van der Waals surface area contributed by atoms with Crippen LogP contribution in [-0.2, 0) is 0 Å². The highest BCUT2D eigenvalue weighted by Crippen LogP contribution is 2.16. The minimum atomic E-state index is 0.334. The van der Waals surface area contributed by atoms with E-state index in [1.807, 2.05) is 31.2 Å². The van der Waals surface area contributed by atoms with Gasteiger partial charge in [0.1, 0.15) is 0 Å². The molecule has 1 rings (SSSR count). The molecule has 2 heteroatoms. The molecule has 0 amide bonds. The lowest BCUT2D eigenvalue weighted by atomic mass is 9.97. The number of allylic oxidation sites excluding steroid dienone is 7. The molecule has 0 aliphatic heterocycles. The molecular weight excluding hydrogens is 160 g/mol. The molecule has 0 fully saturated rings.